The molecule has 1 aromatic carbocycles. The van der Waals surface area contributed by atoms with E-state index in [0.29, 0.717) is 24.3 Å². The molecule has 1 aromatic heterocycles. The van der Waals surface area contributed by atoms with Crippen LogP contribution in [0.3, 0.4) is 0 Å². The number of benzene rings is 1. The number of nitrogens with zero attached hydrogens (tertiary/aromatic N) is 2. The van der Waals surface area contributed by atoms with E-state index in [9.17, 15) is 24.0 Å². The number of thiophene rings is 1. The van der Waals surface area contributed by atoms with Gasteiger partial charge in [0, 0.05) is 18.3 Å². The molecule has 3 aliphatic rings. The summed E-state index contributed by atoms with van der Waals surface area (Å²) in [7, 11) is 0. The Morgan fingerprint density at radius 1 is 0.929 bits per heavy atom. The average molecular weight is 593 g/mol. The molecule has 0 spiro atoms. The molecule has 3 fully saturated rings. The topological polar surface area (TPSA) is 116 Å². The summed E-state index contributed by atoms with van der Waals surface area (Å²) >= 11 is 1.37. The summed E-state index contributed by atoms with van der Waals surface area (Å²) in [4.78, 5) is 70.9. The molecule has 5 rings (SSSR count). The lowest BCUT2D eigenvalue weighted by molar-refractivity contribution is -0.139. The summed E-state index contributed by atoms with van der Waals surface area (Å²) in [5.41, 5.74) is 1.02. The number of carbonyl (C=O) groups excluding carboxylic acids is 5. The number of rotatable bonds is 9. The Hall–Kier alpha value is -3.53. The molecular formula is C32H40N4O5S. The second-order valence-corrected chi connectivity index (χ2v) is 13.3. The van der Waals surface area contributed by atoms with E-state index in [-0.39, 0.29) is 47.8 Å². The van der Waals surface area contributed by atoms with E-state index in [1.165, 1.54) is 18.3 Å². The molecule has 3 heterocycles. The van der Waals surface area contributed by atoms with Gasteiger partial charge >= 0.3 is 0 Å². The van der Waals surface area contributed by atoms with Crippen molar-refractivity contribution in [1.82, 2.24) is 20.4 Å². The number of carbonyl (C=O) groups is 5. The van der Waals surface area contributed by atoms with Crippen LogP contribution in [0.5, 0.6) is 0 Å². The van der Waals surface area contributed by atoms with E-state index >= 15 is 0 Å². The second-order valence-electron chi connectivity index (χ2n) is 12.2. The molecule has 2 N–H and O–H groups in total. The predicted molar refractivity (Wildman–Crippen MR) is 161 cm³/mol. The zero-order chi connectivity index (χ0) is 30.0. The van der Waals surface area contributed by atoms with Gasteiger partial charge in [0.1, 0.15) is 18.1 Å². The van der Waals surface area contributed by atoms with Crippen LogP contribution in [0.2, 0.25) is 0 Å². The zero-order valence-electron chi connectivity index (χ0n) is 24.5. The molecule has 4 amide bonds. The Labute approximate surface area is 251 Å². The van der Waals surface area contributed by atoms with Crippen molar-refractivity contribution in [2.24, 2.45) is 11.8 Å². The average Bonchev–Trinajstić information content (AvgIpc) is 3.77. The molecule has 4 atom stereocenters. The fourth-order valence-corrected chi connectivity index (χ4v) is 7.68. The van der Waals surface area contributed by atoms with Gasteiger partial charge in [0.15, 0.2) is 5.78 Å². The Morgan fingerprint density at radius 2 is 1.64 bits per heavy atom. The normalized spacial score (nSPS) is 21.9. The van der Waals surface area contributed by atoms with Gasteiger partial charge < -0.3 is 20.4 Å². The van der Waals surface area contributed by atoms with Crippen LogP contribution in [0.4, 0.5) is 0 Å². The SMILES string of the molecule is CC(=O)NC(C(=O)N1CC(=O)C2C1CCN2C(=O)C(CC(C)C)NC(=O)c1ccc(-c2ccccc2)s1)C1CCCC1. The highest BCUT2D eigenvalue weighted by molar-refractivity contribution is 7.17. The fraction of sp³-hybridized carbons (Fsp3) is 0.531. The van der Waals surface area contributed by atoms with E-state index in [1.807, 2.05) is 50.2 Å². The number of hydrogen-bond donors (Lipinski definition) is 2. The standard InChI is InChI=1S/C32H40N4O5S/c1-19(2)17-23(34-30(39)27-14-13-26(42-27)21-9-5-4-6-10-21)31(40)35-16-15-24-29(35)25(38)18-36(24)32(41)28(33-20(3)37)22-11-7-8-12-22/h4-6,9-10,13-14,19,22-24,28-29H,7-8,11-12,15-18H2,1-3H3,(H,33,37)(H,34,39). The first-order valence-electron chi connectivity index (χ1n) is 15.0. The smallest absolute Gasteiger partial charge is 0.262 e. The second kappa shape index (κ2) is 12.8. The maximum Gasteiger partial charge on any atom is 0.262 e. The van der Waals surface area contributed by atoms with Crippen molar-refractivity contribution in [2.45, 2.75) is 83.5 Å². The molecule has 2 aliphatic heterocycles. The van der Waals surface area contributed by atoms with Crippen molar-refractivity contribution in [3.63, 3.8) is 0 Å². The molecule has 1 saturated carbocycles. The minimum atomic E-state index is -0.790. The number of Topliss-reactive ketones (excluding diaryl/α,β-unsaturated/α-hetero) is 1. The molecule has 42 heavy (non-hydrogen) atoms. The van der Waals surface area contributed by atoms with Crippen LogP contribution >= 0.6 is 11.3 Å². The molecular weight excluding hydrogens is 552 g/mol. The third-order valence-electron chi connectivity index (χ3n) is 8.68. The third-order valence-corrected chi connectivity index (χ3v) is 9.82. The van der Waals surface area contributed by atoms with Gasteiger partial charge in [-0.1, -0.05) is 57.0 Å². The number of ketones is 1. The molecule has 2 aromatic rings. The van der Waals surface area contributed by atoms with Crippen molar-refractivity contribution in [1.29, 1.82) is 0 Å². The summed E-state index contributed by atoms with van der Waals surface area (Å²) in [5.74, 6) is -1.09. The molecule has 1 aliphatic carbocycles. The van der Waals surface area contributed by atoms with Crippen molar-refractivity contribution in [2.75, 3.05) is 13.1 Å². The molecule has 0 radical (unpaired) electrons. The maximum absolute atomic E-state index is 13.9. The monoisotopic (exact) mass is 592 g/mol. The summed E-state index contributed by atoms with van der Waals surface area (Å²) in [5, 5.41) is 5.80. The number of likely N-dealkylation sites (tertiary alicyclic amines) is 2. The van der Waals surface area contributed by atoms with Crippen LogP contribution in [0, 0.1) is 11.8 Å². The van der Waals surface area contributed by atoms with E-state index in [2.05, 4.69) is 10.6 Å². The Balaban J connectivity index is 1.30. The molecule has 10 heteroatoms. The predicted octanol–water partition coefficient (Wildman–Crippen LogP) is 3.64. The fourth-order valence-electron chi connectivity index (χ4n) is 6.77. The lowest BCUT2D eigenvalue weighted by Crippen LogP contribution is -2.54. The van der Waals surface area contributed by atoms with Gasteiger partial charge in [-0.05, 0) is 55.2 Å². The van der Waals surface area contributed by atoms with Crippen LogP contribution in [0.15, 0.2) is 42.5 Å². The number of fused-ring (bicyclic) bond motifs is 1. The Bertz CT molecular complexity index is 1340. The highest BCUT2D eigenvalue weighted by Gasteiger charge is 2.53. The molecule has 224 valence electrons. The van der Waals surface area contributed by atoms with Gasteiger partial charge in [-0.15, -0.1) is 11.3 Å². The molecule has 9 nitrogen and oxygen atoms in total. The molecule has 4 unspecified atom stereocenters. The van der Waals surface area contributed by atoms with Gasteiger partial charge in [0.2, 0.25) is 17.7 Å². The summed E-state index contributed by atoms with van der Waals surface area (Å²) in [6.45, 7) is 5.65. The van der Waals surface area contributed by atoms with Crippen molar-refractivity contribution in [3.05, 3.63) is 47.3 Å². The van der Waals surface area contributed by atoms with Crippen LogP contribution in [-0.4, -0.2) is 76.5 Å². The lowest BCUT2D eigenvalue weighted by atomic mass is 9.96. The summed E-state index contributed by atoms with van der Waals surface area (Å²) in [6.07, 6.45) is 4.68. The maximum atomic E-state index is 13.9. The van der Waals surface area contributed by atoms with Crippen LogP contribution in [-0.2, 0) is 19.2 Å². The zero-order valence-corrected chi connectivity index (χ0v) is 25.3. The first-order valence-corrected chi connectivity index (χ1v) is 15.8. The van der Waals surface area contributed by atoms with Gasteiger partial charge in [-0.25, -0.2) is 0 Å². The Kier molecular flexibility index (Phi) is 9.11. The lowest BCUT2D eigenvalue weighted by Gasteiger charge is -2.31. The van der Waals surface area contributed by atoms with Gasteiger partial charge in [-0.3, -0.25) is 24.0 Å². The summed E-state index contributed by atoms with van der Waals surface area (Å²) < 4.78 is 0. The van der Waals surface area contributed by atoms with E-state index < -0.39 is 24.2 Å². The molecule has 0 bridgehead atoms. The quantitative estimate of drug-likeness (QED) is 0.462. The van der Waals surface area contributed by atoms with Crippen LogP contribution in [0.1, 0.15) is 69.0 Å². The highest BCUT2D eigenvalue weighted by Crippen LogP contribution is 2.34. The van der Waals surface area contributed by atoms with E-state index in [4.69, 9.17) is 0 Å². The van der Waals surface area contributed by atoms with E-state index in [1.54, 1.807) is 15.9 Å². The number of nitrogens with one attached hydrogen (secondary N) is 2. The van der Waals surface area contributed by atoms with Crippen LogP contribution in [0.25, 0.3) is 10.4 Å². The van der Waals surface area contributed by atoms with Crippen molar-refractivity contribution < 1.29 is 24.0 Å². The van der Waals surface area contributed by atoms with E-state index in [0.717, 1.165) is 36.1 Å². The largest absolute Gasteiger partial charge is 0.344 e. The van der Waals surface area contributed by atoms with Crippen molar-refractivity contribution in [3.8, 4) is 10.4 Å². The van der Waals surface area contributed by atoms with Gasteiger partial charge in [0.05, 0.1) is 17.5 Å². The van der Waals surface area contributed by atoms with Crippen molar-refractivity contribution >= 4 is 40.7 Å². The number of hydrogen-bond acceptors (Lipinski definition) is 6. The Morgan fingerprint density at radius 3 is 2.31 bits per heavy atom. The third kappa shape index (κ3) is 6.28. The first kappa shape index (κ1) is 29.9. The molecule has 2 saturated heterocycles. The highest BCUT2D eigenvalue weighted by atomic mass is 32.1. The van der Waals surface area contributed by atoms with Gasteiger partial charge in [0.25, 0.3) is 5.91 Å². The first-order chi connectivity index (χ1) is 20.1. The minimum absolute atomic E-state index is 0.0555. The number of amides is 4. The minimum Gasteiger partial charge on any atom is -0.344 e. The summed E-state index contributed by atoms with van der Waals surface area (Å²) in [6, 6.07) is 10.9. The van der Waals surface area contributed by atoms with Crippen LogP contribution < -0.4 is 10.6 Å². The van der Waals surface area contributed by atoms with Gasteiger partial charge in [-0.2, -0.15) is 0 Å².